The lowest BCUT2D eigenvalue weighted by molar-refractivity contribution is -0.128. The van der Waals surface area contributed by atoms with Gasteiger partial charge in [0.2, 0.25) is 5.91 Å². The average molecular weight is 423 g/mol. The molecule has 4 heterocycles. The molecule has 1 aliphatic rings. The first kappa shape index (κ1) is 19.0. The molecule has 5 rings (SSSR count). The van der Waals surface area contributed by atoms with E-state index in [4.69, 9.17) is 9.15 Å². The normalized spacial score (nSPS) is 15.6. The standard InChI is InChI=1S/C22H22N4O3S/c1-15(27)26-9-3-8-25(10-11-26)13-16-14-28-19-12-17(5-6-18(16)19)29-22-24-21-20(30-22)4-2-7-23-21/h2,4-7,12,14H,3,8-11,13H2,1H3. The number of pyridine rings is 1. The highest BCUT2D eigenvalue weighted by molar-refractivity contribution is 7.20. The van der Waals surface area contributed by atoms with Crippen molar-refractivity contribution in [2.75, 3.05) is 26.2 Å². The van der Waals surface area contributed by atoms with Gasteiger partial charge >= 0.3 is 0 Å². The molecule has 4 aromatic rings. The van der Waals surface area contributed by atoms with E-state index < -0.39 is 0 Å². The van der Waals surface area contributed by atoms with Gasteiger partial charge in [0.25, 0.3) is 5.19 Å². The molecule has 7 nitrogen and oxygen atoms in total. The van der Waals surface area contributed by atoms with E-state index in [-0.39, 0.29) is 5.91 Å². The minimum Gasteiger partial charge on any atom is -0.464 e. The third-order valence-corrected chi connectivity index (χ3v) is 6.29. The minimum absolute atomic E-state index is 0.155. The van der Waals surface area contributed by atoms with Gasteiger partial charge in [-0.2, -0.15) is 4.98 Å². The first-order chi connectivity index (χ1) is 14.7. The maximum atomic E-state index is 11.6. The summed E-state index contributed by atoms with van der Waals surface area (Å²) < 4.78 is 12.8. The van der Waals surface area contributed by atoms with Gasteiger partial charge in [-0.25, -0.2) is 4.98 Å². The number of rotatable bonds is 4. The molecule has 0 bridgehead atoms. The summed E-state index contributed by atoms with van der Waals surface area (Å²) in [6, 6.07) is 9.75. The summed E-state index contributed by atoms with van der Waals surface area (Å²) in [6.07, 6.45) is 4.54. The number of thiazole rings is 1. The van der Waals surface area contributed by atoms with Gasteiger partial charge in [-0.05, 0) is 30.7 Å². The number of ether oxygens (including phenoxy) is 1. The van der Waals surface area contributed by atoms with E-state index in [0.29, 0.717) is 16.6 Å². The smallest absolute Gasteiger partial charge is 0.281 e. The maximum Gasteiger partial charge on any atom is 0.281 e. The van der Waals surface area contributed by atoms with Gasteiger partial charge in [-0.3, -0.25) is 9.69 Å². The molecule has 1 saturated heterocycles. The Morgan fingerprint density at radius 2 is 2.17 bits per heavy atom. The minimum atomic E-state index is 0.155. The van der Waals surface area contributed by atoms with Crippen molar-refractivity contribution in [3.8, 4) is 10.9 Å². The van der Waals surface area contributed by atoms with Crippen LogP contribution in [0.4, 0.5) is 0 Å². The summed E-state index contributed by atoms with van der Waals surface area (Å²) in [6.45, 7) is 5.91. The first-order valence-electron chi connectivity index (χ1n) is 10.0. The first-order valence-corrected chi connectivity index (χ1v) is 10.8. The monoisotopic (exact) mass is 422 g/mol. The van der Waals surface area contributed by atoms with Gasteiger partial charge < -0.3 is 14.1 Å². The summed E-state index contributed by atoms with van der Waals surface area (Å²) in [5.41, 5.74) is 2.64. The number of carbonyl (C=O) groups is 1. The fraction of sp³-hybridized carbons (Fsp3) is 0.318. The van der Waals surface area contributed by atoms with E-state index in [1.54, 1.807) is 13.1 Å². The predicted octanol–water partition coefficient (Wildman–Crippen LogP) is 4.28. The summed E-state index contributed by atoms with van der Waals surface area (Å²) >= 11 is 1.47. The summed E-state index contributed by atoms with van der Waals surface area (Å²) in [5, 5.41) is 1.65. The highest BCUT2D eigenvalue weighted by atomic mass is 32.1. The SMILES string of the molecule is CC(=O)N1CCCN(Cc2coc3cc(Oc4nc5ncccc5s4)ccc23)CC1. The molecule has 1 fully saturated rings. The van der Waals surface area contributed by atoms with Crippen LogP contribution in [0.2, 0.25) is 0 Å². The van der Waals surface area contributed by atoms with E-state index in [1.807, 2.05) is 41.5 Å². The Morgan fingerprint density at radius 3 is 3.03 bits per heavy atom. The average Bonchev–Trinajstić information content (AvgIpc) is 3.24. The van der Waals surface area contributed by atoms with Crippen LogP contribution in [-0.2, 0) is 11.3 Å². The molecule has 0 atom stereocenters. The third-order valence-electron chi connectivity index (χ3n) is 5.41. The number of hydrogen-bond donors (Lipinski definition) is 0. The van der Waals surface area contributed by atoms with Crippen molar-refractivity contribution < 1.29 is 13.9 Å². The zero-order valence-corrected chi connectivity index (χ0v) is 17.5. The second-order valence-corrected chi connectivity index (χ2v) is 8.45. The van der Waals surface area contributed by atoms with Crippen LogP contribution in [0.15, 0.2) is 47.2 Å². The van der Waals surface area contributed by atoms with Crippen molar-refractivity contribution in [2.24, 2.45) is 0 Å². The molecule has 8 heteroatoms. The molecule has 30 heavy (non-hydrogen) atoms. The molecule has 1 aromatic carbocycles. The van der Waals surface area contributed by atoms with Crippen LogP contribution in [0.5, 0.6) is 10.9 Å². The van der Waals surface area contributed by atoms with Gasteiger partial charge in [0, 0.05) is 62.9 Å². The second-order valence-electron chi connectivity index (χ2n) is 7.46. The van der Waals surface area contributed by atoms with Crippen LogP contribution < -0.4 is 4.74 Å². The van der Waals surface area contributed by atoms with Gasteiger partial charge in [-0.15, -0.1) is 0 Å². The van der Waals surface area contributed by atoms with Crippen LogP contribution in [0.1, 0.15) is 18.9 Å². The predicted molar refractivity (Wildman–Crippen MR) is 116 cm³/mol. The van der Waals surface area contributed by atoms with Crippen molar-refractivity contribution in [3.05, 3.63) is 48.4 Å². The zero-order valence-electron chi connectivity index (χ0n) is 16.7. The lowest BCUT2D eigenvalue weighted by Crippen LogP contribution is -2.33. The van der Waals surface area contributed by atoms with E-state index in [1.165, 1.54) is 11.3 Å². The number of amides is 1. The Bertz CT molecular complexity index is 1170. The van der Waals surface area contributed by atoms with Crippen molar-refractivity contribution in [2.45, 2.75) is 19.9 Å². The fourth-order valence-electron chi connectivity index (χ4n) is 3.83. The van der Waals surface area contributed by atoms with Crippen molar-refractivity contribution in [3.63, 3.8) is 0 Å². The van der Waals surface area contributed by atoms with Gasteiger partial charge in [0.15, 0.2) is 5.65 Å². The molecule has 0 aliphatic carbocycles. The van der Waals surface area contributed by atoms with Crippen molar-refractivity contribution in [1.82, 2.24) is 19.8 Å². The molecule has 0 N–H and O–H groups in total. The van der Waals surface area contributed by atoms with Crippen LogP contribution in [0.3, 0.4) is 0 Å². The molecule has 0 saturated carbocycles. The quantitative estimate of drug-likeness (QED) is 0.489. The summed E-state index contributed by atoms with van der Waals surface area (Å²) in [7, 11) is 0. The number of nitrogens with zero attached hydrogens (tertiary/aromatic N) is 4. The molecule has 3 aromatic heterocycles. The molecule has 0 radical (unpaired) electrons. The number of hydrogen-bond acceptors (Lipinski definition) is 7. The van der Waals surface area contributed by atoms with Crippen LogP contribution in [-0.4, -0.2) is 51.9 Å². The molecule has 0 spiro atoms. The number of benzene rings is 1. The van der Waals surface area contributed by atoms with Crippen LogP contribution in [0.25, 0.3) is 21.3 Å². The molecule has 1 amide bonds. The van der Waals surface area contributed by atoms with E-state index in [2.05, 4.69) is 14.9 Å². The Labute approximate surface area is 177 Å². The van der Waals surface area contributed by atoms with Crippen LogP contribution in [0, 0.1) is 0 Å². The maximum absolute atomic E-state index is 11.6. The molecule has 154 valence electrons. The topological polar surface area (TPSA) is 71.7 Å². The zero-order chi connectivity index (χ0) is 20.5. The van der Waals surface area contributed by atoms with Crippen LogP contribution >= 0.6 is 11.3 Å². The fourth-order valence-corrected chi connectivity index (χ4v) is 4.62. The highest BCUT2D eigenvalue weighted by Gasteiger charge is 2.18. The number of carbonyl (C=O) groups excluding carboxylic acids is 1. The van der Waals surface area contributed by atoms with E-state index in [0.717, 1.165) is 60.4 Å². The van der Waals surface area contributed by atoms with Crippen molar-refractivity contribution in [1.29, 1.82) is 0 Å². The molecular formula is C22H22N4O3S. The number of furan rings is 1. The highest BCUT2D eigenvalue weighted by Crippen LogP contribution is 2.33. The third kappa shape index (κ3) is 3.88. The lowest BCUT2D eigenvalue weighted by atomic mass is 10.1. The Kier molecular flexibility index (Phi) is 5.10. The summed E-state index contributed by atoms with van der Waals surface area (Å²) in [5.74, 6) is 0.844. The van der Waals surface area contributed by atoms with Gasteiger partial charge in [-0.1, -0.05) is 11.3 Å². The van der Waals surface area contributed by atoms with Gasteiger partial charge in [0.05, 0.1) is 11.0 Å². The number of fused-ring (bicyclic) bond motifs is 2. The largest absolute Gasteiger partial charge is 0.464 e. The molecular weight excluding hydrogens is 400 g/mol. The Hall–Kier alpha value is -2.97. The number of aromatic nitrogens is 2. The Morgan fingerprint density at radius 1 is 1.23 bits per heavy atom. The van der Waals surface area contributed by atoms with E-state index in [9.17, 15) is 4.79 Å². The van der Waals surface area contributed by atoms with E-state index >= 15 is 0 Å². The molecule has 0 unspecified atom stereocenters. The Balaban J connectivity index is 1.30. The molecule has 1 aliphatic heterocycles. The van der Waals surface area contributed by atoms with Crippen molar-refractivity contribution >= 4 is 38.6 Å². The summed E-state index contributed by atoms with van der Waals surface area (Å²) in [4.78, 5) is 24.6. The second kappa shape index (κ2) is 8.04. The van der Waals surface area contributed by atoms with Gasteiger partial charge in [0.1, 0.15) is 11.3 Å². The lowest BCUT2D eigenvalue weighted by Gasteiger charge is -2.20.